The second kappa shape index (κ2) is 10.8. The van der Waals surface area contributed by atoms with E-state index in [4.69, 9.17) is 4.74 Å². The molecule has 1 amide bonds. The third-order valence-electron chi connectivity index (χ3n) is 4.82. The van der Waals surface area contributed by atoms with Crippen molar-refractivity contribution in [3.8, 4) is 11.8 Å². The Hall–Kier alpha value is -4.37. The van der Waals surface area contributed by atoms with E-state index in [0.29, 0.717) is 29.2 Å². The summed E-state index contributed by atoms with van der Waals surface area (Å²) in [6.07, 6.45) is 1.50. The molecule has 0 saturated heterocycles. The van der Waals surface area contributed by atoms with Gasteiger partial charge in [-0.25, -0.2) is 4.79 Å². The molecule has 0 aliphatic rings. The number of aryl methyl sites for hydroxylation is 2. The van der Waals surface area contributed by atoms with Gasteiger partial charge in [-0.2, -0.15) is 5.26 Å². The normalized spacial score (nSPS) is 10.8. The van der Waals surface area contributed by atoms with E-state index < -0.39 is 11.9 Å². The molecule has 0 saturated carbocycles. The van der Waals surface area contributed by atoms with Crippen molar-refractivity contribution in [3.63, 3.8) is 0 Å². The second-order valence-electron chi connectivity index (χ2n) is 7.52. The molecule has 6 nitrogen and oxygen atoms in total. The highest BCUT2D eigenvalue weighted by molar-refractivity contribution is 6.10. The average Bonchev–Trinajstić information content (AvgIpc) is 2.81. The molecule has 0 radical (unpaired) electrons. The summed E-state index contributed by atoms with van der Waals surface area (Å²) in [4.78, 5) is 24.2. The maximum Gasteiger partial charge on any atom is 0.337 e. The van der Waals surface area contributed by atoms with Gasteiger partial charge in [0.2, 0.25) is 0 Å². The van der Waals surface area contributed by atoms with Gasteiger partial charge in [0.25, 0.3) is 5.91 Å². The van der Waals surface area contributed by atoms with E-state index in [1.165, 1.54) is 25.3 Å². The number of carbonyl (C=O) groups excluding carboxylic acids is 2. The molecule has 166 valence electrons. The fourth-order valence-electron chi connectivity index (χ4n) is 3.35. The number of nitrogens with zero attached hydrogens (tertiary/aromatic N) is 1. The van der Waals surface area contributed by atoms with Crippen LogP contribution in [-0.2, 0) is 16.1 Å². The Morgan fingerprint density at radius 2 is 1.67 bits per heavy atom. The van der Waals surface area contributed by atoms with Crippen LogP contribution in [0.4, 0.5) is 5.69 Å². The van der Waals surface area contributed by atoms with Gasteiger partial charge in [-0.3, -0.25) is 4.79 Å². The van der Waals surface area contributed by atoms with Gasteiger partial charge < -0.3 is 14.8 Å². The lowest BCUT2D eigenvalue weighted by molar-refractivity contribution is -0.112. The van der Waals surface area contributed by atoms with Crippen LogP contribution in [0.2, 0.25) is 0 Å². The first-order valence-corrected chi connectivity index (χ1v) is 10.3. The van der Waals surface area contributed by atoms with Gasteiger partial charge in [-0.1, -0.05) is 47.5 Å². The Morgan fingerprint density at radius 3 is 2.30 bits per heavy atom. The van der Waals surface area contributed by atoms with Crippen LogP contribution >= 0.6 is 0 Å². The monoisotopic (exact) mass is 440 g/mol. The summed E-state index contributed by atoms with van der Waals surface area (Å²) in [6.45, 7) is 4.44. The van der Waals surface area contributed by atoms with Crippen molar-refractivity contribution in [2.75, 3.05) is 12.4 Å². The second-order valence-corrected chi connectivity index (χ2v) is 7.52. The fraction of sp³-hybridized carbons (Fsp3) is 0.148. The predicted octanol–water partition coefficient (Wildman–Crippen LogP) is 5.21. The third-order valence-corrected chi connectivity index (χ3v) is 4.82. The highest BCUT2D eigenvalue weighted by Gasteiger charge is 2.12. The van der Waals surface area contributed by atoms with E-state index >= 15 is 0 Å². The predicted molar refractivity (Wildman–Crippen MR) is 127 cm³/mol. The van der Waals surface area contributed by atoms with Crippen molar-refractivity contribution < 1.29 is 19.1 Å². The minimum absolute atomic E-state index is 0.0745. The van der Waals surface area contributed by atoms with Gasteiger partial charge in [0.1, 0.15) is 24.0 Å². The van der Waals surface area contributed by atoms with Crippen molar-refractivity contribution >= 4 is 23.6 Å². The van der Waals surface area contributed by atoms with Crippen molar-refractivity contribution in [1.29, 1.82) is 5.26 Å². The smallest absolute Gasteiger partial charge is 0.337 e. The van der Waals surface area contributed by atoms with Crippen LogP contribution in [0, 0.1) is 25.2 Å². The minimum atomic E-state index is -0.563. The van der Waals surface area contributed by atoms with E-state index in [9.17, 15) is 14.9 Å². The number of nitrogens with one attached hydrogen (secondary N) is 1. The Bertz CT molecular complexity index is 1220. The number of hydrogen-bond acceptors (Lipinski definition) is 5. The van der Waals surface area contributed by atoms with E-state index in [1.54, 1.807) is 24.3 Å². The summed E-state index contributed by atoms with van der Waals surface area (Å²) in [6, 6.07) is 21.6. The summed E-state index contributed by atoms with van der Waals surface area (Å²) in [5.74, 6) is -0.463. The Kier molecular flexibility index (Phi) is 7.61. The van der Waals surface area contributed by atoms with Gasteiger partial charge in [0.15, 0.2) is 0 Å². The molecular formula is C27H24N2O4. The summed E-state index contributed by atoms with van der Waals surface area (Å²) in [7, 11) is 1.30. The molecule has 0 aliphatic carbocycles. The Morgan fingerprint density at radius 1 is 1.00 bits per heavy atom. The molecule has 0 spiro atoms. The van der Waals surface area contributed by atoms with Crippen LogP contribution in [0.15, 0.2) is 72.3 Å². The Balaban J connectivity index is 1.76. The molecule has 33 heavy (non-hydrogen) atoms. The number of hydrogen-bond donors (Lipinski definition) is 1. The number of para-hydroxylation sites is 1. The lowest BCUT2D eigenvalue weighted by Crippen LogP contribution is -2.13. The van der Waals surface area contributed by atoms with Crippen molar-refractivity contribution in [2.45, 2.75) is 20.5 Å². The number of benzene rings is 3. The lowest BCUT2D eigenvalue weighted by atomic mass is 10.1. The molecule has 0 unspecified atom stereocenters. The van der Waals surface area contributed by atoms with Gasteiger partial charge in [-0.15, -0.1) is 0 Å². The largest absolute Gasteiger partial charge is 0.488 e. The summed E-state index contributed by atoms with van der Waals surface area (Å²) < 4.78 is 10.7. The summed E-state index contributed by atoms with van der Waals surface area (Å²) in [5, 5.41) is 12.2. The third kappa shape index (κ3) is 6.31. The number of nitriles is 1. The molecule has 0 aliphatic heterocycles. The number of anilines is 1. The molecule has 3 rings (SSSR count). The number of esters is 1. The molecule has 6 heteroatoms. The van der Waals surface area contributed by atoms with Crippen LogP contribution < -0.4 is 10.1 Å². The van der Waals surface area contributed by atoms with Gasteiger partial charge in [0, 0.05) is 11.3 Å². The Labute approximate surface area is 193 Å². The maximum atomic E-state index is 12.7. The number of carbonyl (C=O) groups is 2. The van der Waals surface area contributed by atoms with Crippen LogP contribution in [-0.4, -0.2) is 19.0 Å². The van der Waals surface area contributed by atoms with Crippen LogP contribution in [0.1, 0.15) is 32.6 Å². The first-order chi connectivity index (χ1) is 15.9. The first-order valence-electron chi connectivity index (χ1n) is 10.3. The molecular weight excluding hydrogens is 416 g/mol. The number of rotatable bonds is 7. The maximum absolute atomic E-state index is 12.7. The zero-order valence-corrected chi connectivity index (χ0v) is 18.7. The minimum Gasteiger partial charge on any atom is -0.488 e. The first kappa shape index (κ1) is 23.3. The quantitative estimate of drug-likeness (QED) is 0.309. The molecule has 1 N–H and O–H groups in total. The average molecular weight is 440 g/mol. The molecule has 0 fully saturated rings. The number of ether oxygens (including phenoxy) is 2. The fourth-order valence-corrected chi connectivity index (χ4v) is 3.35. The zero-order valence-electron chi connectivity index (χ0n) is 18.7. The van der Waals surface area contributed by atoms with Crippen molar-refractivity contribution in [2.24, 2.45) is 0 Å². The highest BCUT2D eigenvalue weighted by Crippen LogP contribution is 2.23. The van der Waals surface area contributed by atoms with Gasteiger partial charge >= 0.3 is 5.97 Å². The molecule has 3 aromatic carbocycles. The zero-order chi connectivity index (χ0) is 23.8. The van der Waals surface area contributed by atoms with Gasteiger partial charge in [-0.05, 0) is 55.8 Å². The van der Waals surface area contributed by atoms with Crippen LogP contribution in [0.5, 0.6) is 5.75 Å². The van der Waals surface area contributed by atoms with Crippen LogP contribution in [0.3, 0.4) is 0 Å². The SMILES string of the molecule is COC(=O)c1ccc(NC(=O)/C(C#N)=C/c2ccccc2OCc2cc(C)cc(C)c2)cc1. The summed E-state index contributed by atoms with van der Waals surface area (Å²) >= 11 is 0. The molecule has 0 aromatic heterocycles. The van der Waals surface area contributed by atoms with E-state index in [0.717, 1.165) is 16.7 Å². The number of methoxy groups -OCH3 is 1. The molecule has 0 heterocycles. The molecule has 0 bridgehead atoms. The standard InChI is InChI=1S/C27H24N2O4/c1-18-12-19(2)14-20(13-18)17-33-25-7-5-4-6-22(25)15-23(16-28)26(30)29-24-10-8-21(9-11-24)27(31)32-3/h4-15H,17H2,1-3H3,(H,29,30)/b23-15+. The number of amides is 1. The van der Waals surface area contributed by atoms with Gasteiger partial charge in [0.05, 0.1) is 12.7 Å². The van der Waals surface area contributed by atoms with Crippen molar-refractivity contribution in [3.05, 3.63) is 100 Å². The van der Waals surface area contributed by atoms with E-state index in [2.05, 4.69) is 28.3 Å². The molecule has 3 aromatic rings. The highest BCUT2D eigenvalue weighted by atomic mass is 16.5. The topological polar surface area (TPSA) is 88.4 Å². The van der Waals surface area contributed by atoms with E-state index in [1.807, 2.05) is 32.0 Å². The van der Waals surface area contributed by atoms with Crippen LogP contribution in [0.25, 0.3) is 6.08 Å². The lowest BCUT2D eigenvalue weighted by Gasteiger charge is -2.11. The van der Waals surface area contributed by atoms with E-state index in [-0.39, 0.29) is 5.57 Å². The van der Waals surface area contributed by atoms with Crippen molar-refractivity contribution in [1.82, 2.24) is 0 Å². The molecule has 0 atom stereocenters. The summed E-state index contributed by atoms with van der Waals surface area (Å²) in [5.41, 5.74) is 4.72.